The van der Waals surface area contributed by atoms with Gasteiger partial charge in [0.05, 0.1) is 17.0 Å². The van der Waals surface area contributed by atoms with Crippen LogP contribution in [-0.2, 0) is 9.59 Å². The van der Waals surface area contributed by atoms with Gasteiger partial charge in [-0.2, -0.15) is 0 Å². The van der Waals surface area contributed by atoms with E-state index in [9.17, 15) is 19.2 Å². The number of rotatable bonds is 4. The van der Waals surface area contributed by atoms with Gasteiger partial charge < -0.3 is 10.0 Å². The van der Waals surface area contributed by atoms with E-state index in [-0.39, 0.29) is 30.7 Å². The van der Waals surface area contributed by atoms with E-state index in [4.69, 9.17) is 5.11 Å². The average Bonchev–Trinajstić information content (AvgIpc) is 2.86. The van der Waals surface area contributed by atoms with Gasteiger partial charge in [0.25, 0.3) is 11.8 Å². The molecule has 1 aromatic rings. The summed E-state index contributed by atoms with van der Waals surface area (Å²) in [5, 5.41) is 9.13. The molecule has 3 amide bonds. The number of carbonyl (C=O) groups excluding carboxylic acids is 3. The van der Waals surface area contributed by atoms with E-state index in [0.717, 1.165) is 4.90 Å². The van der Waals surface area contributed by atoms with Gasteiger partial charge in [-0.1, -0.05) is 12.1 Å². The summed E-state index contributed by atoms with van der Waals surface area (Å²) in [4.78, 5) is 51.2. The molecule has 7 nitrogen and oxygen atoms in total. The smallest absolute Gasteiger partial charge is 0.308 e. The number of aliphatic carboxylic acids is 1. The normalized spacial score (nSPS) is 21.2. The zero-order valence-corrected chi connectivity index (χ0v) is 14.0. The number of fused-ring (bicyclic) bond motifs is 1. The fourth-order valence-electron chi connectivity index (χ4n) is 3.49. The Labute approximate surface area is 145 Å². The highest BCUT2D eigenvalue weighted by Crippen LogP contribution is 2.26. The number of nitrogens with zero attached hydrogens (tertiary/aromatic N) is 2. The monoisotopic (exact) mass is 344 g/mol. The lowest BCUT2D eigenvalue weighted by Gasteiger charge is -2.32. The van der Waals surface area contributed by atoms with Crippen LogP contribution in [0.3, 0.4) is 0 Å². The number of carboxylic acid groups (broad SMARTS) is 1. The molecule has 1 N–H and O–H groups in total. The van der Waals surface area contributed by atoms with Crippen LogP contribution in [0.1, 0.15) is 46.9 Å². The lowest BCUT2D eigenvalue weighted by Crippen LogP contribution is -2.46. The first-order valence-electron chi connectivity index (χ1n) is 8.37. The zero-order chi connectivity index (χ0) is 18.1. The lowest BCUT2D eigenvalue weighted by molar-refractivity contribution is -0.145. The Balaban J connectivity index is 1.67. The molecule has 0 radical (unpaired) electrons. The second-order valence-electron chi connectivity index (χ2n) is 6.60. The van der Waals surface area contributed by atoms with Gasteiger partial charge in [-0.05, 0) is 31.9 Å². The molecule has 2 aliphatic rings. The maximum Gasteiger partial charge on any atom is 0.308 e. The highest BCUT2D eigenvalue weighted by Gasteiger charge is 2.39. The predicted octanol–water partition coefficient (Wildman–Crippen LogP) is 1.38. The minimum absolute atomic E-state index is 0.00217. The third-order valence-corrected chi connectivity index (χ3v) is 4.86. The number of carbonyl (C=O) groups is 4. The minimum Gasteiger partial charge on any atom is -0.481 e. The molecule has 1 fully saturated rings. The summed E-state index contributed by atoms with van der Waals surface area (Å²) < 4.78 is 0. The Kier molecular flexibility index (Phi) is 4.57. The minimum atomic E-state index is -0.897. The summed E-state index contributed by atoms with van der Waals surface area (Å²) in [7, 11) is 0. The van der Waals surface area contributed by atoms with Crippen molar-refractivity contribution in [3.63, 3.8) is 0 Å². The van der Waals surface area contributed by atoms with Crippen molar-refractivity contribution in [3.05, 3.63) is 35.4 Å². The van der Waals surface area contributed by atoms with Crippen LogP contribution in [0.25, 0.3) is 0 Å². The van der Waals surface area contributed by atoms with Crippen molar-refractivity contribution in [2.45, 2.75) is 32.2 Å². The van der Waals surface area contributed by atoms with Gasteiger partial charge in [-0.15, -0.1) is 0 Å². The number of carboxylic acids is 1. The quantitative estimate of drug-likeness (QED) is 0.833. The molecule has 1 aromatic carbocycles. The van der Waals surface area contributed by atoms with Crippen molar-refractivity contribution in [2.24, 2.45) is 5.92 Å². The fraction of sp³-hybridized carbons (Fsp3) is 0.444. The third kappa shape index (κ3) is 3.14. The van der Waals surface area contributed by atoms with E-state index in [0.29, 0.717) is 30.5 Å². The van der Waals surface area contributed by atoms with Gasteiger partial charge in [-0.3, -0.25) is 24.1 Å². The second-order valence-corrected chi connectivity index (χ2v) is 6.60. The van der Waals surface area contributed by atoms with E-state index in [1.165, 1.54) is 4.90 Å². The molecule has 3 rings (SSSR count). The van der Waals surface area contributed by atoms with Crippen LogP contribution >= 0.6 is 0 Å². The molecule has 0 aliphatic carbocycles. The second kappa shape index (κ2) is 6.66. The van der Waals surface area contributed by atoms with Crippen LogP contribution in [0.2, 0.25) is 0 Å². The SMILES string of the molecule is CC(CC(=O)N1CCCC(C(=O)O)C1)N1C(=O)c2ccccc2C1=O. The molecule has 2 unspecified atom stereocenters. The van der Waals surface area contributed by atoms with Gasteiger partial charge in [0.2, 0.25) is 5.91 Å². The van der Waals surface area contributed by atoms with Crippen molar-refractivity contribution in [1.82, 2.24) is 9.80 Å². The number of piperidine rings is 1. The number of likely N-dealkylation sites (tertiary alicyclic amines) is 1. The van der Waals surface area contributed by atoms with Crippen molar-refractivity contribution in [1.29, 1.82) is 0 Å². The summed E-state index contributed by atoms with van der Waals surface area (Å²) in [5.41, 5.74) is 0.714. The largest absolute Gasteiger partial charge is 0.481 e. The number of hydrogen-bond acceptors (Lipinski definition) is 4. The highest BCUT2D eigenvalue weighted by molar-refractivity contribution is 6.21. The van der Waals surface area contributed by atoms with Gasteiger partial charge in [-0.25, -0.2) is 0 Å². The summed E-state index contributed by atoms with van der Waals surface area (Å²) in [5.74, 6) is -2.45. The lowest BCUT2D eigenvalue weighted by atomic mass is 9.97. The van der Waals surface area contributed by atoms with Crippen molar-refractivity contribution >= 4 is 23.7 Å². The predicted molar refractivity (Wildman–Crippen MR) is 88.0 cm³/mol. The van der Waals surface area contributed by atoms with Crippen LogP contribution < -0.4 is 0 Å². The van der Waals surface area contributed by atoms with Crippen molar-refractivity contribution in [3.8, 4) is 0 Å². The molecular weight excluding hydrogens is 324 g/mol. The van der Waals surface area contributed by atoms with Crippen LogP contribution in [0.4, 0.5) is 0 Å². The molecule has 2 heterocycles. The van der Waals surface area contributed by atoms with Gasteiger partial charge >= 0.3 is 5.97 Å². The van der Waals surface area contributed by atoms with Gasteiger partial charge in [0, 0.05) is 25.6 Å². The van der Waals surface area contributed by atoms with Crippen LogP contribution in [0.5, 0.6) is 0 Å². The van der Waals surface area contributed by atoms with Crippen molar-refractivity contribution < 1.29 is 24.3 Å². The molecule has 132 valence electrons. The topological polar surface area (TPSA) is 95.0 Å². The Morgan fingerprint density at radius 2 is 1.80 bits per heavy atom. The first-order valence-corrected chi connectivity index (χ1v) is 8.37. The molecule has 2 atom stereocenters. The number of benzene rings is 1. The van der Waals surface area contributed by atoms with Crippen molar-refractivity contribution in [2.75, 3.05) is 13.1 Å². The first kappa shape index (κ1) is 17.1. The van der Waals surface area contributed by atoms with Crippen LogP contribution in [-0.4, -0.2) is 57.7 Å². The van der Waals surface area contributed by atoms with E-state index in [2.05, 4.69) is 0 Å². The molecule has 2 aliphatic heterocycles. The highest BCUT2D eigenvalue weighted by atomic mass is 16.4. The van der Waals surface area contributed by atoms with Crippen LogP contribution in [0, 0.1) is 5.92 Å². The summed E-state index contributed by atoms with van der Waals surface area (Å²) >= 11 is 0. The molecule has 1 saturated heterocycles. The Morgan fingerprint density at radius 3 is 2.36 bits per heavy atom. The van der Waals surface area contributed by atoms with E-state index < -0.39 is 17.9 Å². The van der Waals surface area contributed by atoms with E-state index >= 15 is 0 Å². The first-order chi connectivity index (χ1) is 11.9. The maximum atomic E-state index is 12.5. The molecule has 0 bridgehead atoms. The van der Waals surface area contributed by atoms with E-state index in [1.807, 2.05) is 0 Å². The average molecular weight is 344 g/mol. The molecule has 0 aromatic heterocycles. The molecule has 25 heavy (non-hydrogen) atoms. The standard InChI is InChI=1S/C18H20N2O5/c1-11(9-15(21)19-8-4-5-12(10-19)18(24)25)20-16(22)13-6-2-3-7-14(13)17(20)23/h2-3,6-7,11-12H,4-5,8-10H2,1H3,(H,24,25). The fourth-order valence-corrected chi connectivity index (χ4v) is 3.49. The Morgan fingerprint density at radius 1 is 1.20 bits per heavy atom. The number of amides is 3. The van der Waals surface area contributed by atoms with Gasteiger partial charge in [0.1, 0.15) is 0 Å². The maximum absolute atomic E-state index is 12.5. The third-order valence-electron chi connectivity index (χ3n) is 4.86. The molecular formula is C18H20N2O5. The Hall–Kier alpha value is -2.70. The summed E-state index contributed by atoms with van der Waals surface area (Å²) in [6, 6.07) is 6.02. The summed E-state index contributed by atoms with van der Waals surface area (Å²) in [6.45, 7) is 2.36. The van der Waals surface area contributed by atoms with Crippen LogP contribution in [0.15, 0.2) is 24.3 Å². The molecule has 0 saturated carbocycles. The van der Waals surface area contributed by atoms with Gasteiger partial charge in [0.15, 0.2) is 0 Å². The zero-order valence-electron chi connectivity index (χ0n) is 14.0. The van der Waals surface area contributed by atoms with E-state index in [1.54, 1.807) is 31.2 Å². The summed E-state index contributed by atoms with van der Waals surface area (Å²) in [6.07, 6.45) is 1.20. The molecule has 0 spiro atoms. The number of imide groups is 1. The Bertz CT molecular complexity index is 710. The number of hydrogen-bond donors (Lipinski definition) is 1. The molecule has 7 heteroatoms.